The molecule has 2 aromatic rings. The number of benzene rings is 2. The Hall–Kier alpha value is -1.60. The fourth-order valence-electron chi connectivity index (χ4n) is 2.50. The highest BCUT2D eigenvalue weighted by Gasteiger charge is 2.18. The molecule has 0 saturated carbocycles. The van der Waals surface area contributed by atoms with E-state index in [4.69, 9.17) is 5.73 Å². The van der Waals surface area contributed by atoms with E-state index < -0.39 is 0 Å². The van der Waals surface area contributed by atoms with Crippen LogP contribution in [0.25, 0.3) is 0 Å². The Labute approximate surface area is 129 Å². The monoisotopic (exact) mass is 281 g/mol. The van der Waals surface area contributed by atoms with Gasteiger partial charge in [0.05, 0.1) is 6.04 Å². The molecule has 0 amide bonds. The smallest absolute Gasteiger partial charge is 0.0551 e. The van der Waals surface area contributed by atoms with Crippen LogP contribution in [0.2, 0.25) is 0 Å². The molecule has 0 aromatic heterocycles. The van der Waals surface area contributed by atoms with Crippen molar-refractivity contribution in [3.8, 4) is 0 Å². The highest BCUT2D eigenvalue weighted by Crippen LogP contribution is 2.29. The van der Waals surface area contributed by atoms with Crippen LogP contribution in [-0.4, -0.2) is 0 Å². The third kappa shape index (κ3) is 3.36. The molecule has 2 N–H and O–H groups in total. The Morgan fingerprint density at radius 1 is 0.905 bits per heavy atom. The first kappa shape index (κ1) is 15.8. The van der Waals surface area contributed by atoms with E-state index in [1.807, 2.05) is 0 Å². The summed E-state index contributed by atoms with van der Waals surface area (Å²) in [6, 6.07) is 15.2. The van der Waals surface area contributed by atoms with Crippen molar-refractivity contribution in [2.24, 2.45) is 5.73 Å². The Morgan fingerprint density at radius 2 is 1.48 bits per heavy atom. The van der Waals surface area contributed by atoms with Crippen LogP contribution in [0.3, 0.4) is 0 Å². The molecule has 21 heavy (non-hydrogen) atoms. The van der Waals surface area contributed by atoms with Crippen LogP contribution < -0.4 is 5.73 Å². The normalized spacial score (nSPS) is 13.2. The SMILES string of the molecule is CCC(C)(C)c1ccc(C(N)c2ccc(C)c(C)c2)cc1. The predicted molar refractivity (Wildman–Crippen MR) is 91.7 cm³/mol. The maximum atomic E-state index is 6.43. The summed E-state index contributed by atoms with van der Waals surface area (Å²) in [6.07, 6.45) is 1.13. The Bertz CT molecular complexity index is 608. The molecule has 1 atom stereocenters. The van der Waals surface area contributed by atoms with Crippen molar-refractivity contribution in [3.05, 3.63) is 70.3 Å². The van der Waals surface area contributed by atoms with Crippen LogP contribution in [0.15, 0.2) is 42.5 Å². The first-order valence-electron chi connectivity index (χ1n) is 7.78. The molecule has 0 bridgehead atoms. The molecule has 1 unspecified atom stereocenters. The van der Waals surface area contributed by atoms with Gasteiger partial charge in [0.15, 0.2) is 0 Å². The lowest BCUT2D eigenvalue weighted by molar-refractivity contribution is 0.506. The van der Waals surface area contributed by atoms with Crippen molar-refractivity contribution >= 4 is 0 Å². The van der Waals surface area contributed by atoms with Gasteiger partial charge in [-0.3, -0.25) is 0 Å². The molecule has 0 aliphatic rings. The van der Waals surface area contributed by atoms with Crippen molar-refractivity contribution in [1.29, 1.82) is 0 Å². The summed E-state index contributed by atoms with van der Waals surface area (Å²) in [5.41, 5.74) is 13.0. The van der Waals surface area contributed by atoms with Gasteiger partial charge in [0.1, 0.15) is 0 Å². The van der Waals surface area contributed by atoms with Crippen LogP contribution in [0.4, 0.5) is 0 Å². The molecule has 0 spiro atoms. The standard InChI is InChI=1S/C20H27N/c1-6-20(4,5)18-11-9-16(10-12-18)19(21)17-8-7-14(2)15(3)13-17/h7-13,19H,6,21H2,1-5H3. The summed E-state index contributed by atoms with van der Waals surface area (Å²) < 4.78 is 0. The first-order chi connectivity index (χ1) is 9.85. The fraction of sp³-hybridized carbons (Fsp3) is 0.400. The number of hydrogen-bond acceptors (Lipinski definition) is 1. The Kier molecular flexibility index (Phi) is 4.53. The van der Waals surface area contributed by atoms with Crippen molar-refractivity contribution in [2.75, 3.05) is 0 Å². The molecule has 112 valence electrons. The summed E-state index contributed by atoms with van der Waals surface area (Å²) in [5.74, 6) is 0. The molecule has 0 aliphatic heterocycles. The maximum absolute atomic E-state index is 6.43. The van der Waals surface area contributed by atoms with Gasteiger partial charge in [-0.1, -0.05) is 63.2 Å². The van der Waals surface area contributed by atoms with E-state index in [0.717, 1.165) is 6.42 Å². The van der Waals surface area contributed by atoms with Gasteiger partial charge in [-0.2, -0.15) is 0 Å². The van der Waals surface area contributed by atoms with Crippen molar-refractivity contribution in [2.45, 2.75) is 52.5 Å². The number of aryl methyl sites for hydroxylation is 2. The van der Waals surface area contributed by atoms with E-state index >= 15 is 0 Å². The van der Waals surface area contributed by atoms with Crippen LogP contribution >= 0.6 is 0 Å². The van der Waals surface area contributed by atoms with E-state index in [1.54, 1.807) is 0 Å². The van der Waals surface area contributed by atoms with Gasteiger partial charge in [-0.25, -0.2) is 0 Å². The summed E-state index contributed by atoms with van der Waals surface area (Å²) in [7, 11) is 0. The zero-order valence-electron chi connectivity index (χ0n) is 13.9. The average molecular weight is 281 g/mol. The number of nitrogens with two attached hydrogens (primary N) is 1. The summed E-state index contributed by atoms with van der Waals surface area (Å²) >= 11 is 0. The lowest BCUT2D eigenvalue weighted by Crippen LogP contribution is -2.16. The minimum atomic E-state index is -0.0527. The highest BCUT2D eigenvalue weighted by atomic mass is 14.6. The zero-order chi connectivity index (χ0) is 15.6. The second kappa shape index (κ2) is 6.03. The van der Waals surface area contributed by atoms with Crippen molar-refractivity contribution < 1.29 is 0 Å². The van der Waals surface area contributed by atoms with Gasteiger partial charge in [0, 0.05) is 0 Å². The maximum Gasteiger partial charge on any atom is 0.0551 e. The predicted octanol–water partition coefficient (Wildman–Crippen LogP) is 5.04. The van der Waals surface area contributed by atoms with Gasteiger partial charge < -0.3 is 5.73 Å². The Morgan fingerprint density at radius 3 is 2.00 bits per heavy atom. The van der Waals surface area contributed by atoms with Gasteiger partial charge in [0.25, 0.3) is 0 Å². The third-order valence-electron chi connectivity index (χ3n) is 4.83. The summed E-state index contributed by atoms with van der Waals surface area (Å²) in [6.45, 7) is 11.1. The summed E-state index contributed by atoms with van der Waals surface area (Å²) in [4.78, 5) is 0. The molecular weight excluding hydrogens is 254 g/mol. The van der Waals surface area contributed by atoms with E-state index in [1.165, 1.54) is 27.8 Å². The average Bonchev–Trinajstić information content (AvgIpc) is 2.49. The summed E-state index contributed by atoms with van der Waals surface area (Å²) in [5, 5.41) is 0. The van der Waals surface area contributed by atoms with Gasteiger partial charge in [0.2, 0.25) is 0 Å². The molecule has 0 heterocycles. The van der Waals surface area contributed by atoms with Crippen LogP contribution in [0.5, 0.6) is 0 Å². The van der Waals surface area contributed by atoms with Crippen molar-refractivity contribution in [3.63, 3.8) is 0 Å². The van der Waals surface area contributed by atoms with E-state index in [0.29, 0.717) is 0 Å². The molecule has 1 nitrogen and oxygen atoms in total. The van der Waals surface area contributed by atoms with Crippen LogP contribution in [-0.2, 0) is 5.41 Å². The second-order valence-electron chi connectivity index (χ2n) is 6.68. The minimum absolute atomic E-state index is 0.0527. The molecule has 0 saturated heterocycles. The molecule has 0 radical (unpaired) electrons. The lowest BCUT2D eigenvalue weighted by Gasteiger charge is -2.24. The lowest BCUT2D eigenvalue weighted by atomic mass is 9.81. The molecular formula is C20H27N. The van der Waals surface area contributed by atoms with Gasteiger partial charge in [-0.05, 0) is 53.5 Å². The largest absolute Gasteiger partial charge is 0.320 e. The quantitative estimate of drug-likeness (QED) is 0.835. The van der Waals surface area contributed by atoms with E-state index in [2.05, 4.69) is 77.1 Å². The van der Waals surface area contributed by atoms with Crippen molar-refractivity contribution in [1.82, 2.24) is 0 Å². The first-order valence-corrected chi connectivity index (χ1v) is 7.78. The molecule has 0 fully saturated rings. The van der Waals surface area contributed by atoms with E-state index in [9.17, 15) is 0 Å². The number of rotatable bonds is 4. The Balaban J connectivity index is 2.27. The molecule has 1 heteroatoms. The van der Waals surface area contributed by atoms with E-state index in [-0.39, 0.29) is 11.5 Å². The zero-order valence-corrected chi connectivity index (χ0v) is 13.9. The third-order valence-corrected chi connectivity index (χ3v) is 4.83. The van der Waals surface area contributed by atoms with Gasteiger partial charge in [-0.15, -0.1) is 0 Å². The van der Waals surface area contributed by atoms with Gasteiger partial charge >= 0.3 is 0 Å². The molecule has 2 aromatic carbocycles. The molecule has 0 aliphatic carbocycles. The topological polar surface area (TPSA) is 26.0 Å². The number of hydrogen-bond donors (Lipinski definition) is 1. The second-order valence-corrected chi connectivity index (χ2v) is 6.68. The van der Waals surface area contributed by atoms with Crippen LogP contribution in [0.1, 0.15) is 61.1 Å². The van der Waals surface area contributed by atoms with Crippen LogP contribution in [0, 0.1) is 13.8 Å². The minimum Gasteiger partial charge on any atom is -0.320 e. The molecule has 2 rings (SSSR count). The highest BCUT2D eigenvalue weighted by molar-refractivity contribution is 5.38. The fourth-order valence-corrected chi connectivity index (χ4v) is 2.50.